The molecule has 0 aliphatic rings. The molecule has 0 fully saturated rings. The molecule has 0 spiro atoms. The molecule has 10 heteroatoms. The number of esters is 2. The summed E-state index contributed by atoms with van der Waals surface area (Å²) in [6, 6.07) is 15.3. The van der Waals surface area contributed by atoms with Crippen LogP contribution in [0.5, 0.6) is 11.5 Å². The quantitative estimate of drug-likeness (QED) is 0.152. The highest BCUT2D eigenvalue weighted by Gasteiger charge is 2.07. The van der Waals surface area contributed by atoms with Crippen LogP contribution in [0.1, 0.15) is 26.7 Å². The second-order valence-electron chi connectivity index (χ2n) is 8.17. The van der Waals surface area contributed by atoms with Crippen molar-refractivity contribution in [2.45, 2.75) is 26.7 Å². The molecule has 0 aliphatic carbocycles. The summed E-state index contributed by atoms with van der Waals surface area (Å²) < 4.78 is 31.8. The number of benzene rings is 2. The number of Topliss-reactive ketones (excluding diaryl/α,β-unsaturated/α-hetero) is 2. The third-order valence-electron chi connectivity index (χ3n) is 4.80. The summed E-state index contributed by atoms with van der Waals surface area (Å²) in [6.07, 6.45) is -0.443. The maximum Gasteiger partial charge on any atom is 0.313 e. The highest BCUT2D eigenvalue weighted by Crippen LogP contribution is 2.24. The van der Waals surface area contributed by atoms with Crippen molar-refractivity contribution in [2.75, 3.05) is 52.9 Å². The van der Waals surface area contributed by atoms with Crippen molar-refractivity contribution in [2.24, 2.45) is 0 Å². The molecular formula is C28H34O10. The molecule has 0 saturated heterocycles. The number of carbonyl (C=O) groups excluding carboxylic acids is 4. The maximum absolute atomic E-state index is 11.2. The van der Waals surface area contributed by atoms with Crippen molar-refractivity contribution in [3.8, 4) is 22.6 Å². The summed E-state index contributed by atoms with van der Waals surface area (Å²) >= 11 is 0. The molecule has 0 saturated carbocycles. The molecule has 2 aromatic carbocycles. The summed E-state index contributed by atoms with van der Waals surface area (Å²) in [5, 5.41) is 0. The van der Waals surface area contributed by atoms with Gasteiger partial charge in [-0.2, -0.15) is 0 Å². The minimum absolute atomic E-state index is 0.0983. The van der Waals surface area contributed by atoms with Gasteiger partial charge in [0.05, 0.1) is 26.4 Å². The standard InChI is InChI=1S/C28H34O10/c1-21(29)19-27(31)37-17-13-33-11-15-35-25-7-3-23(4-8-25)24-5-9-26(10-6-24)36-16-12-34-14-18-38-28(32)20-22(2)30/h3-10H,11-20H2,1-2H3. The number of hydrogen-bond donors (Lipinski definition) is 0. The van der Waals surface area contributed by atoms with Gasteiger partial charge in [0.2, 0.25) is 0 Å². The van der Waals surface area contributed by atoms with E-state index in [-0.39, 0.29) is 50.8 Å². The zero-order valence-electron chi connectivity index (χ0n) is 21.8. The van der Waals surface area contributed by atoms with E-state index >= 15 is 0 Å². The molecule has 0 bridgehead atoms. The summed E-state index contributed by atoms with van der Waals surface area (Å²) in [6.45, 7) is 4.71. The molecule has 0 amide bonds. The molecule has 2 aromatic rings. The van der Waals surface area contributed by atoms with E-state index in [2.05, 4.69) is 0 Å². The summed E-state index contributed by atoms with van der Waals surface area (Å²) in [5.74, 6) is -0.153. The molecule has 0 N–H and O–H groups in total. The monoisotopic (exact) mass is 530 g/mol. The largest absolute Gasteiger partial charge is 0.491 e. The first-order chi connectivity index (χ1) is 18.3. The fourth-order valence-corrected chi connectivity index (χ4v) is 3.07. The zero-order valence-corrected chi connectivity index (χ0v) is 21.8. The summed E-state index contributed by atoms with van der Waals surface area (Å²) in [7, 11) is 0. The highest BCUT2D eigenvalue weighted by atomic mass is 16.6. The molecule has 2 rings (SSSR count). The van der Waals surface area contributed by atoms with Gasteiger partial charge >= 0.3 is 11.9 Å². The Labute approximate surface area is 222 Å². The van der Waals surface area contributed by atoms with E-state index in [0.717, 1.165) is 11.1 Å². The van der Waals surface area contributed by atoms with E-state index in [1.54, 1.807) is 0 Å². The molecule has 0 heterocycles. The molecule has 0 aliphatic heterocycles. The fourth-order valence-electron chi connectivity index (χ4n) is 3.07. The number of rotatable bonds is 19. The number of hydrogen-bond acceptors (Lipinski definition) is 10. The lowest BCUT2D eigenvalue weighted by atomic mass is 10.1. The van der Waals surface area contributed by atoms with Crippen LogP contribution < -0.4 is 9.47 Å². The van der Waals surface area contributed by atoms with Gasteiger partial charge in [0.15, 0.2) is 0 Å². The maximum atomic E-state index is 11.2. The van der Waals surface area contributed by atoms with Crippen LogP contribution in [0.15, 0.2) is 48.5 Å². The minimum Gasteiger partial charge on any atom is -0.491 e. The second-order valence-corrected chi connectivity index (χ2v) is 8.17. The Bertz CT molecular complexity index is 931. The van der Waals surface area contributed by atoms with Crippen LogP contribution in [0, 0.1) is 0 Å². The smallest absolute Gasteiger partial charge is 0.313 e. The predicted octanol–water partition coefficient (Wildman–Crippen LogP) is 3.19. The lowest BCUT2D eigenvalue weighted by molar-refractivity contribution is -0.148. The van der Waals surface area contributed by atoms with Crippen molar-refractivity contribution in [3.63, 3.8) is 0 Å². The Kier molecular flexibility index (Phi) is 14.2. The molecule has 0 atom stereocenters. The van der Waals surface area contributed by atoms with Crippen LogP contribution in [-0.4, -0.2) is 76.4 Å². The molecule has 206 valence electrons. The Morgan fingerprint density at radius 2 is 0.842 bits per heavy atom. The first kappa shape index (κ1) is 30.5. The zero-order chi connectivity index (χ0) is 27.6. The Hall–Kier alpha value is -3.76. The Morgan fingerprint density at radius 3 is 1.18 bits per heavy atom. The summed E-state index contributed by atoms with van der Waals surface area (Å²) in [4.78, 5) is 44.1. The highest BCUT2D eigenvalue weighted by molar-refractivity contribution is 5.94. The molecule has 0 aromatic heterocycles. The number of ether oxygens (including phenoxy) is 6. The van der Waals surface area contributed by atoms with Gasteiger partial charge in [0.25, 0.3) is 0 Å². The number of carbonyl (C=O) groups is 4. The molecule has 0 unspecified atom stereocenters. The van der Waals surface area contributed by atoms with E-state index < -0.39 is 11.9 Å². The van der Waals surface area contributed by atoms with Gasteiger partial charge in [0.1, 0.15) is 62.3 Å². The van der Waals surface area contributed by atoms with Crippen LogP contribution in [0.4, 0.5) is 0 Å². The Morgan fingerprint density at radius 1 is 0.500 bits per heavy atom. The average molecular weight is 531 g/mol. The fraction of sp³-hybridized carbons (Fsp3) is 0.429. The lowest BCUT2D eigenvalue weighted by Gasteiger charge is -2.10. The third kappa shape index (κ3) is 13.5. The van der Waals surface area contributed by atoms with Crippen LogP contribution in [0.25, 0.3) is 11.1 Å². The van der Waals surface area contributed by atoms with Gasteiger partial charge in [-0.25, -0.2) is 0 Å². The van der Waals surface area contributed by atoms with Gasteiger partial charge in [-0.15, -0.1) is 0 Å². The van der Waals surface area contributed by atoms with Crippen LogP contribution in [0.3, 0.4) is 0 Å². The topological polar surface area (TPSA) is 124 Å². The van der Waals surface area contributed by atoms with Crippen molar-refractivity contribution >= 4 is 23.5 Å². The first-order valence-corrected chi connectivity index (χ1v) is 12.2. The Balaban J connectivity index is 1.58. The lowest BCUT2D eigenvalue weighted by Crippen LogP contribution is -2.15. The van der Waals surface area contributed by atoms with Gasteiger partial charge < -0.3 is 28.4 Å². The number of ketones is 2. The van der Waals surface area contributed by atoms with E-state index in [1.807, 2.05) is 48.5 Å². The normalized spacial score (nSPS) is 10.5. The second kappa shape index (κ2) is 17.7. The van der Waals surface area contributed by atoms with E-state index in [9.17, 15) is 19.2 Å². The SMILES string of the molecule is CC(=O)CC(=O)OCCOCCOc1ccc(-c2ccc(OCCOCCOC(=O)CC(C)=O)cc2)cc1. The van der Waals surface area contributed by atoms with Crippen molar-refractivity contribution in [1.82, 2.24) is 0 Å². The van der Waals surface area contributed by atoms with Gasteiger partial charge in [-0.05, 0) is 49.2 Å². The van der Waals surface area contributed by atoms with Gasteiger partial charge in [0, 0.05) is 0 Å². The van der Waals surface area contributed by atoms with Crippen molar-refractivity contribution in [1.29, 1.82) is 0 Å². The first-order valence-electron chi connectivity index (χ1n) is 12.2. The molecule has 10 nitrogen and oxygen atoms in total. The van der Waals surface area contributed by atoms with Gasteiger partial charge in [-0.1, -0.05) is 24.3 Å². The van der Waals surface area contributed by atoms with E-state index in [4.69, 9.17) is 28.4 Å². The minimum atomic E-state index is -0.550. The third-order valence-corrected chi connectivity index (χ3v) is 4.80. The van der Waals surface area contributed by atoms with Crippen molar-refractivity contribution < 1.29 is 47.6 Å². The van der Waals surface area contributed by atoms with Crippen LogP contribution in [-0.2, 0) is 38.1 Å². The summed E-state index contributed by atoms with van der Waals surface area (Å²) in [5.41, 5.74) is 2.05. The molecule has 0 radical (unpaired) electrons. The van der Waals surface area contributed by atoms with E-state index in [0.29, 0.717) is 37.9 Å². The predicted molar refractivity (Wildman–Crippen MR) is 137 cm³/mol. The van der Waals surface area contributed by atoms with Crippen LogP contribution >= 0.6 is 0 Å². The average Bonchev–Trinajstić information content (AvgIpc) is 2.87. The van der Waals surface area contributed by atoms with Crippen molar-refractivity contribution in [3.05, 3.63) is 48.5 Å². The molecular weight excluding hydrogens is 496 g/mol. The van der Waals surface area contributed by atoms with E-state index in [1.165, 1.54) is 13.8 Å². The van der Waals surface area contributed by atoms with Crippen LogP contribution in [0.2, 0.25) is 0 Å². The molecule has 38 heavy (non-hydrogen) atoms. The van der Waals surface area contributed by atoms with Gasteiger partial charge in [-0.3, -0.25) is 19.2 Å².